The number of hydrogen-bond donors (Lipinski definition) is 1. The molecule has 0 spiro atoms. The van der Waals surface area contributed by atoms with Gasteiger partial charge in [0.2, 0.25) is 0 Å². The zero-order chi connectivity index (χ0) is 12.7. The Morgan fingerprint density at radius 2 is 1.94 bits per heavy atom. The molecule has 17 heavy (non-hydrogen) atoms. The molecule has 1 aliphatic rings. The molecule has 1 aromatic carbocycles. The van der Waals surface area contributed by atoms with Crippen LogP contribution in [0.4, 0.5) is 0 Å². The number of benzene rings is 1. The molecule has 0 aliphatic carbocycles. The normalized spacial score (nSPS) is 17.8. The molecule has 0 bridgehead atoms. The third-order valence-corrected chi connectivity index (χ3v) is 3.31. The summed E-state index contributed by atoms with van der Waals surface area (Å²) in [7, 11) is 4.34. The van der Waals surface area contributed by atoms with Gasteiger partial charge in [0.1, 0.15) is 0 Å². The summed E-state index contributed by atoms with van der Waals surface area (Å²) in [6.07, 6.45) is 2.30. The van der Waals surface area contributed by atoms with Crippen molar-refractivity contribution in [2.45, 2.75) is 32.1 Å². The first kappa shape index (κ1) is 14.5. The second kappa shape index (κ2) is 6.97. The van der Waals surface area contributed by atoms with E-state index in [9.17, 15) is 0 Å². The van der Waals surface area contributed by atoms with Crippen molar-refractivity contribution in [1.82, 2.24) is 0 Å². The number of ether oxygens (including phenoxy) is 1. The van der Waals surface area contributed by atoms with Crippen LogP contribution >= 0.6 is 12.8 Å². The van der Waals surface area contributed by atoms with Gasteiger partial charge in [-0.2, -0.15) is 0 Å². The Morgan fingerprint density at radius 3 is 2.47 bits per heavy atom. The van der Waals surface area contributed by atoms with Gasteiger partial charge in [-0.3, -0.25) is 0 Å². The Kier molecular flexibility index (Phi) is 5.93. The summed E-state index contributed by atoms with van der Waals surface area (Å²) in [5.41, 5.74) is 3.17. The summed E-state index contributed by atoms with van der Waals surface area (Å²) in [5, 5.41) is 0. The van der Waals surface area contributed by atoms with Gasteiger partial charge in [0.15, 0.2) is 0 Å². The van der Waals surface area contributed by atoms with Crippen molar-refractivity contribution >= 4 is 20.5 Å². The quantitative estimate of drug-likeness (QED) is 0.598. The first-order valence-electron chi connectivity index (χ1n) is 5.81. The number of aryl methyl sites for hydroxylation is 1. The average Bonchev–Trinajstić information content (AvgIpc) is 2.31. The molecule has 0 aromatic heterocycles. The summed E-state index contributed by atoms with van der Waals surface area (Å²) in [6, 6.07) is 8.88. The van der Waals surface area contributed by atoms with Crippen LogP contribution in [0.1, 0.15) is 30.9 Å². The number of thiol groups is 1. The maximum atomic E-state index is 5.42. The van der Waals surface area contributed by atoms with Crippen molar-refractivity contribution in [1.29, 1.82) is 0 Å². The van der Waals surface area contributed by atoms with Crippen LogP contribution in [-0.2, 0) is 10.2 Å². The van der Waals surface area contributed by atoms with Crippen molar-refractivity contribution in [3.05, 3.63) is 35.4 Å². The van der Waals surface area contributed by atoms with E-state index >= 15 is 0 Å². The molecule has 0 unspecified atom stereocenters. The van der Waals surface area contributed by atoms with Gasteiger partial charge in [0, 0.05) is 13.2 Å². The van der Waals surface area contributed by atoms with Crippen molar-refractivity contribution in [3.63, 3.8) is 0 Å². The van der Waals surface area contributed by atoms with E-state index in [1.807, 2.05) is 0 Å². The maximum absolute atomic E-state index is 5.42. The van der Waals surface area contributed by atoms with E-state index in [1.54, 1.807) is 0 Å². The van der Waals surface area contributed by atoms with E-state index in [1.165, 1.54) is 11.1 Å². The van der Waals surface area contributed by atoms with Crippen LogP contribution < -0.4 is 0 Å². The van der Waals surface area contributed by atoms with Crippen LogP contribution in [0.2, 0.25) is 0 Å². The molecule has 91 valence electrons. The summed E-state index contributed by atoms with van der Waals surface area (Å²) in [4.78, 5) is 0. The predicted molar refractivity (Wildman–Crippen MR) is 75.8 cm³/mol. The fourth-order valence-corrected chi connectivity index (χ4v) is 2.13. The van der Waals surface area contributed by atoms with E-state index in [2.05, 4.69) is 62.9 Å². The van der Waals surface area contributed by atoms with E-state index in [4.69, 9.17) is 4.74 Å². The van der Waals surface area contributed by atoms with Crippen molar-refractivity contribution in [2.24, 2.45) is 4.30 Å². The van der Waals surface area contributed by atoms with Crippen LogP contribution in [0, 0.1) is 6.92 Å². The molecule has 2 rings (SSSR count). The van der Waals surface area contributed by atoms with Crippen LogP contribution in [0.5, 0.6) is 0 Å². The average molecular weight is 248 g/mol. The molecule has 1 fully saturated rings. The standard InChI is InChI=1S/C13H18O.BHNS/c1-11-4-3-5-12(10-11)13(2)6-8-14-9-7-13;1-2-3/h3-5,10H,6-9H2,1-2H3;3H. The summed E-state index contributed by atoms with van der Waals surface area (Å²) in [5.74, 6) is 0. The monoisotopic (exact) mass is 248 g/mol. The van der Waals surface area contributed by atoms with E-state index in [0.717, 1.165) is 26.1 Å². The molecule has 0 amide bonds. The Labute approximate surface area is 110 Å². The van der Waals surface area contributed by atoms with Gasteiger partial charge in [-0.25, -0.2) is 0 Å². The van der Waals surface area contributed by atoms with Gasteiger partial charge in [-0.05, 0) is 30.7 Å². The van der Waals surface area contributed by atoms with Crippen LogP contribution in [0.25, 0.3) is 0 Å². The number of rotatable bonds is 1. The molecule has 1 heterocycles. The van der Waals surface area contributed by atoms with E-state index < -0.39 is 0 Å². The van der Waals surface area contributed by atoms with E-state index in [0.29, 0.717) is 5.41 Å². The fraction of sp³-hybridized carbons (Fsp3) is 0.538. The third-order valence-electron chi connectivity index (χ3n) is 3.31. The van der Waals surface area contributed by atoms with Crippen LogP contribution in [0.3, 0.4) is 0 Å². The fourth-order valence-electron chi connectivity index (χ4n) is 2.13. The van der Waals surface area contributed by atoms with Gasteiger partial charge in [-0.1, -0.05) is 36.8 Å². The first-order chi connectivity index (χ1) is 8.12. The van der Waals surface area contributed by atoms with Crippen molar-refractivity contribution < 1.29 is 4.74 Å². The molecule has 0 saturated carbocycles. The molecule has 4 heteroatoms. The second-order valence-electron chi connectivity index (χ2n) is 4.66. The molecule has 0 atom stereocenters. The SMILES string of the molecule is Cc1cccc(C2(C)CCOCC2)c1.[B]=NS. The van der Waals surface area contributed by atoms with Gasteiger partial charge in [0.25, 0.3) is 0 Å². The number of nitrogens with zero attached hydrogens (tertiary/aromatic N) is 1. The van der Waals surface area contributed by atoms with Crippen molar-refractivity contribution in [3.8, 4) is 0 Å². The summed E-state index contributed by atoms with van der Waals surface area (Å²) in [6.45, 7) is 6.32. The van der Waals surface area contributed by atoms with Gasteiger partial charge in [0.05, 0.1) is 0 Å². The first-order valence-corrected chi connectivity index (χ1v) is 6.21. The molecule has 1 aliphatic heterocycles. The Bertz CT molecular complexity index is 364. The van der Waals surface area contributed by atoms with Gasteiger partial charge >= 0.3 is 24.8 Å². The van der Waals surface area contributed by atoms with Crippen molar-refractivity contribution in [2.75, 3.05) is 13.2 Å². The molecule has 1 radical (unpaired) electrons. The number of hydrogen-bond acceptors (Lipinski definition) is 3. The predicted octanol–water partition coefficient (Wildman–Crippen LogP) is 3.25. The third kappa shape index (κ3) is 4.28. The second-order valence-corrected chi connectivity index (χ2v) is 4.89. The molecule has 2 nitrogen and oxygen atoms in total. The Hall–Kier alpha value is -0.605. The van der Waals surface area contributed by atoms with E-state index in [-0.39, 0.29) is 0 Å². The molecule has 0 N–H and O–H groups in total. The molecule has 1 saturated heterocycles. The summed E-state index contributed by atoms with van der Waals surface area (Å²) >= 11 is 3.19. The van der Waals surface area contributed by atoms with Gasteiger partial charge in [-0.15, -0.1) is 0 Å². The molecule has 1 aromatic rings. The minimum absolute atomic E-state index is 0.338. The van der Waals surface area contributed by atoms with Gasteiger partial charge < -0.3 is 4.74 Å². The minimum atomic E-state index is 0.338. The topological polar surface area (TPSA) is 21.6 Å². The molecular weight excluding hydrogens is 229 g/mol. The van der Waals surface area contributed by atoms with Crippen LogP contribution in [-0.4, -0.2) is 20.9 Å². The Morgan fingerprint density at radius 1 is 1.35 bits per heavy atom. The molecular formula is C13H19BNOS. The summed E-state index contributed by atoms with van der Waals surface area (Å²) < 4.78 is 8.11. The zero-order valence-corrected chi connectivity index (χ0v) is 11.4. The zero-order valence-electron chi connectivity index (χ0n) is 10.5. The Balaban J connectivity index is 0.000000437. The van der Waals surface area contributed by atoms with Crippen LogP contribution in [0.15, 0.2) is 28.6 Å².